The number of ketones is 1. The fourth-order valence-electron chi connectivity index (χ4n) is 2.06. The summed E-state index contributed by atoms with van der Waals surface area (Å²) in [5, 5.41) is 9.62. The maximum Gasteiger partial charge on any atom is 0.342 e. The highest BCUT2D eigenvalue weighted by atomic mass is 16.5. The molecular weight excluding hydrogens is 280 g/mol. The van der Waals surface area contributed by atoms with Gasteiger partial charge in [-0.3, -0.25) is 4.79 Å². The van der Waals surface area contributed by atoms with Gasteiger partial charge in [0.15, 0.2) is 6.10 Å². The Hall–Kier alpha value is -2.62. The quantitative estimate of drug-likeness (QED) is 0.679. The second-order valence-electron chi connectivity index (χ2n) is 4.98. The van der Waals surface area contributed by atoms with Crippen molar-refractivity contribution < 1.29 is 19.4 Å². The van der Waals surface area contributed by atoms with Crippen LogP contribution in [0.3, 0.4) is 0 Å². The van der Waals surface area contributed by atoms with E-state index in [1.165, 1.54) is 19.1 Å². The molecule has 1 N–H and O–H groups in total. The van der Waals surface area contributed by atoms with E-state index in [1.54, 1.807) is 24.3 Å². The predicted octanol–water partition coefficient (Wildman–Crippen LogP) is 3.38. The minimum Gasteiger partial charge on any atom is -0.507 e. The maximum atomic E-state index is 12.3. The topological polar surface area (TPSA) is 63.6 Å². The van der Waals surface area contributed by atoms with Crippen LogP contribution in [-0.4, -0.2) is 23.0 Å². The minimum atomic E-state index is -0.917. The lowest BCUT2D eigenvalue weighted by atomic mass is 10.0. The average Bonchev–Trinajstić information content (AvgIpc) is 2.54. The summed E-state index contributed by atoms with van der Waals surface area (Å²) in [6.45, 7) is 3.56. The molecule has 0 unspecified atom stereocenters. The van der Waals surface area contributed by atoms with E-state index in [4.69, 9.17) is 4.74 Å². The van der Waals surface area contributed by atoms with Gasteiger partial charge in [0.25, 0.3) is 0 Å². The smallest absolute Gasteiger partial charge is 0.342 e. The van der Waals surface area contributed by atoms with Crippen molar-refractivity contribution in [2.75, 3.05) is 0 Å². The summed E-state index contributed by atoms with van der Waals surface area (Å²) < 4.78 is 5.14. The number of para-hydroxylation sites is 1. The van der Waals surface area contributed by atoms with Crippen LogP contribution in [-0.2, 0) is 11.2 Å². The second-order valence-corrected chi connectivity index (χ2v) is 4.98. The third-order valence-electron chi connectivity index (χ3n) is 3.42. The molecule has 0 bridgehead atoms. The third-order valence-corrected chi connectivity index (χ3v) is 3.42. The van der Waals surface area contributed by atoms with Gasteiger partial charge < -0.3 is 9.84 Å². The van der Waals surface area contributed by atoms with Crippen molar-refractivity contribution in [2.24, 2.45) is 0 Å². The van der Waals surface area contributed by atoms with Crippen LogP contribution in [0.15, 0.2) is 48.5 Å². The van der Waals surface area contributed by atoms with Crippen molar-refractivity contribution in [3.8, 4) is 5.75 Å². The van der Waals surface area contributed by atoms with E-state index in [0.29, 0.717) is 5.56 Å². The SMILES string of the molecule is CCc1ccc(C(=O)[C@@H](C)OC(=O)c2ccccc2O)cc1. The van der Waals surface area contributed by atoms with Crippen LogP contribution >= 0.6 is 0 Å². The lowest BCUT2D eigenvalue weighted by Gasteiger charge is -2.13. The number of hydrogen-bond donors (Lipinski definition) is 1. The van der Waals surface area contributed by atoms with Crippen LogP contribution in [0.25, 0.3) is 0 Å². The number of aromatic hydroxyl groups is 1. The van der Waals surface area contributed by atoms with Crippen molar-refractivity contribution in [2.45, 2.75) is 26.4 Å². The molecule has 0 spiro atoms. The molecule has 0 aliphatic carbocycles. The summed E-state index contributed by atoms with van der Waals surface area (Å²) in [4.78, 5) is 24.2. The largest absolute Gasteiger partial charge is 0.507 e. The molecule has 4 heteroatoms. The van der Waals surface area contributed by atoms with Gasteiger partial charge >= 0.3 is 5.97 Å². The highest BCUT2D eigenvalue weighted by Gasteiger charge is 2.21. The number of carbonyl (C=O) groups excluding carboxylic acids is 2. The summed E-state index contributed by atoms with van der Waals surface area (Å²) in [6, 6.07) is 13.3. The van der Waals surface area contributed by atoms with Crippen LogP contribution in [0, 0.1) is 0 Å². The van der Waals surface area contributed by atoms with Crippen molar-refractivity contribution in [3.63, 3.8) is 0 Å². The summed E-state index contributed by atoms with van der Waals surface area (Å²) in [7, 11) is 0. The van der Waals surface area contributed by atoms with Gasteiger partial charge in [-0.1, -0.05) is 43.3 Å². The van der Waals surface area contributed by atoms with E-state index < -0.39 is 12.1 Å². The number of rotatable bonds is 5. The fourth-order valence-corrected chi connectivity index (χ4v) is 2.06. The van der Waals surface area contributed by atoms with Gasteiger partial charge in [-0.25, -0.2) is 4.79 Å². The molecule has 0 aliphatic heterocycles. The first-order valence-electron chi connectivity index (χ1n) is 7.15. The van der Waals surface area contributed by atoms with Crippen molar-refractivity contribution in [1.82, 2.24) is 0 Å². The number of carbonyl (C=O) groups is 2. The number of benzene rings is 2. The van der Waals surface area contributed by atoms with Crippen molar-refractivity contribution in [3.05, 3.63) is 65.2 Å². The standard InChI is InChI=1S/C18H18O4/c1-3-13-8-10-14(11-9-13)17(20)12(2)22-18(21)15-6-4-5-7-16(15)19/h4-12,19H,3H2,1-2H3/t12-/m1/s1. The van der Waals surface area contributed by atoms with Crippen LogP contribution < -0.4 is 0 Å². The molecule has 0 heterocycles. The number of aryl methyl sites for hydroxylation is 1. The zero-order valence-electron chi connectivity index (χ0n) is 12.6. The lowest BCUT2D eigenvalue weighted by molar-refractivity contribution is 0.0316. The predicted molar refractivity (Wildman–Crippen MR) is 83.1 cm³/mol. The van der Waals surface area contributed by atoms with Gasteiger partial charge in [-0.2, -0.15) is 0 Å². The number of ether oxygens (including phenoxy) is 1. The molecule has 22 heavy (non-hydrogen) atoms. The van der Waals surface area contributed by atoms with E-state index in [-0.39, 0.29) is 17.1 Å². The number of phenols is 1. The Labute approximate surface area is 129 Å². The first-order valence-corrected chi connectivity index (χ1v) is 7.15. The molecule has 2 aromatic carbocycles. The average molecular weight is 298 g/mol. The van der Waals surface area contributed by atoms with Gasteiger partial charge in [-0.15, -0.1) is 0 Å². The van der Waals surface area contributed by atoms with Gasteiger partial charge in [0.1, 0.15) is 11.3 Å². The summed E-state index contributed by atoms with van der Waals surface area (Å²) >= 11 is 0. The molecule has 0 radical (unpaired) electrons. The van der Waals surface area contributed by atoms with Crippen LogP contribution in [0.4, 0.5) is 0 Å². The normalized spacial score (nSPS) is 11.7. The fraction of sp³-hybridized carbons (Fsp3) is 0.222. The van der Waals surface area contributed by atoms with E-state index in [1.807, 2.05) is 19.1 Å². The number of esters is 1. The van der Waals surface area contributed by atoms with Gasteiger partial charge in [-0.05, 0) is 31.0 Å². The Kier molecular flexibility index (Phi) is 4.94. The Morgan fingerprint density at radius 2 is 1.73 bits per heavy atom. The molecule has 4 nitrogen and oxygen atoms in total. The van der Waals surface area contributed by atoms with Crippen molar-refractivity contribution in [1.29, 1.82) is 0 Å². The number of Topliss-reactive ketones (excluding diaryl/α,β-unsaturated/α-hetero) is 1. The van der Waals surface area contributed by atoms with E-state index >= 15 is 0 Å². The molecule has 2 aromatic rings. The van der Waals surface area contributed by atoms with Crippen LogP contribution in [0.1, 0.15) is 40.1 Å². The molecule has 0 saturated heterocycles. The summed E-state index contributed by atoms with van der Waals surface area (Å²) in [5.74, 6) is -1.16. The van der Waals surface area contributed by atoms with E-state index in [2.05, 4.69) is 0 Å². The zero-order valence-corrected chi connectivity index (χ0v) is 12.6. The Bertz CT molecular complexity index is 674. The highest BCUT2D eigenvalue weighted by molar-refractivity contribution is 6.01. The molecule has 0 fully saturated rings. The molecule has 114 valence electrons. The number of phenolic OH excluding ortho intramolecular Hbond substituents is 1. The molecule has 0 saturated carbocycles. The first kappa shape index (κ1) is 15.8. The number of hydrogen-bond acceptors (Lipinski definition) is 4. The molecule has 0 amide bonds. The van der Waals surface area contributed by atoms with Gasteiger partial charge in [0.05, 0.1) is 0 Å². The van der Waals surface area contributed by atoms with E-state index in [9.17, 15) is 14.7 Å². The van der Waals surface area contributed by atoms with Crippen LogP contribution in [0.5, 0.6) is 5.75 Å². The molecular formula is C18H18O4. The van der Waals surface area contributed by atoms with Crippen molar-refractivity contribution >= 4 is 11.8 Å². The lowest BCUT2D eigenvalue weighted by Crippen LogP contribution is -2.24. The summed E-state index contributed by atoms with van der Waals surface area (Å²) in [6.07, 6.45) is -0.0219. The molecule has 0 aliphatic rings. The third kappa shape index (κ3) is 3.52. The van der Waals surface area contributed by atoms with E-state index in [0.717, 1.165) is 12.0 Å². The Morgan fingerprint density at radius 1 is 1.09 bits per heavy atom. The molecule has 2 rings (SSSR count). The molecule has 0 aromatic heterocycles. The first-order chi connectivity index (χ1) is 10.5. The van der Waals surface area contributed by atoms with Gasteiger partial charge in [0, 0.05) is 5.56 Å². The van der Waals surface area contributed by atoms with Gasteiger partial charge in [0.2, 0.25) is 5.78 Å². The summed E-state index contributed by atoms with van der Waals surface area (Å²) in [5.41, 5.74) is 1.67. The maximum absolute atomic E-state index is 12.3. The minimum absolute atomic E-state index is 0.0449. The second kappa shape index (κ2) is 6.89. The zero-order chi connectivity index (χ0) is 16.1. The molecule has 1 atom stereocenters. The Balaban J connectivity index is 2.07. The Morgan fingerprint density at radius 3 is 2.32 bits per heavy atom. The van der Waals surface area contributed by atoms with Crippen LogP contribution in [0.2, 0.25) is 0 Å². The highest BCUT2D eigenvalue weighted by Crippen LogP contribution is 2.18. The monoisotopic (exact) mass is 298 g/mol.